The molecule has 7 nitrogen and oxygen atoms in total. The van der Waals surface area contributed by atoms with Gasteiger partial charge in [0.2, 0.25) is 5.89 Å². The summed E-state index contributed by atoms with van der Waals surface area (Å²) in [6, 6.07) is 3.07. The van der Waals surface area contributed by atoms with Crippen LogP contribution < -0.4 is 5.32 Å². The van der Waals surface area contributed by atoms with Crippen molar-refractivity contribution in [2.24, 2.45) is 0 Å². The molecule has 2 aromatic heterocycles. The largest absolute Gasteiger partial charge is 0.478 e. The second kappa shape index (κ2) is 5.26. The van der Waals surface area contributed by atoms with E-state index >= 15 is 0 Å². The zero-order chi connectivity index (χ0) is 13.0. The summed E-state index contributed by atoms with van der Waals surface area (Å²) in [5, 5.41) is 15.6. The van der Waals surface area contributed by atoms with Crippen LogP contribution in [0.1, 0.15) is 22.1 Å². The Kier molecular flexibility index (Phi) is 3.52. The highest BCUT2D eigenvalue weighted by atomic mass is 16.5. The molecule has 0 aliphatic heterocycles. The Balaban J connectivity index is 1.96. The fourth-order valence-corrected chi connectivity index (χ4v) is 1.45. The van der Waals surface area contributed by atoms with Crippen molar-refractivity contribution in [2.75, 3.05) is 11.9 Å². The van der Waals surface area contributed by atoms with Gasteiger partial charge in [-0.2, -0.15) is 4.98 Å². The first-order chi connectivity index (χ1) is 8.66. The van der Waals surface area contributed by atoms with Gasteiger partial charge in [-0.25, -0.2) is 9.78 Å². The van der Waals surface area contributed by atoms with Gasteiger partial charge in [0.15, 0.2) is 5.82 Å². The lowest BCUT2D eigenvalue weighted by molar-refractivity contribution is 0.0697. The molecular weight excluding hydrogens is 236 g/mol. The maximum Gasteiger partial charge on any atom is 0.339 e. The molecule has 2 N–H and O–H groups in total. The Hall–Kier alpha value is -2.44. The van der Waals surface area contributed by atoms with E-state index in [0.29, 0.717) is 30.5 Å². The van der Waals surface area contributed by atoms with Gasteiger partial charge in [-0.15, -0.1) is 0 Å². The minimum atomic E-state index is -1.01. The second-order valence-electron chi connectivity index (χ2n) is 3.62. The van der Waals surface area contributed by atoms with E-state index in [0.717, 1.165) is 0 Å². The second-order valence-corrected chi connectivity index (χ2v) is 3.62. The van der Waals surface area contributed by atoms with Crippen LogP contribution in [0.15, 0.2) is 22.9 Å². The van der Waals surface area contributed by atoms with Gasteiger partial charge in [-0.05, 0) is 19.1 Å². The van der Waals surface area contributed by atoms with Crippen molar-refractivity contribution >= 4 is 11.8 Å². The number of anilines is 1. The monoisotopic (exact) mass is 248 g/mol. The molecule has 0 saturated carbocycles. The molecule has 0 fully saturated rings. The number of nitrogens with one attached hydrogen (secondary N) is 1. The quantitative estimate of drug-likeness (QED) is 0.817. The molecule has 2 aromatic rings. The van der Waals surface area contributed by atoms with Gasteiger partial charge in [0.05, 0.1) is 0 Å². The number of aromatic nitrogens is 3. The van der Waals surface area contributed by atoms with Crippen LogP contribution in [0.3, 0.4) is 0 Å². The van der Waals surface area contributed by atoms with Crippen LogP contribution in [0, 0.1) is 6.92 Å². The van der Waals surface area contributed by atoms with Gasteiger partial charge in [0, 0.05) is 19.2 Å². The van der Waals surface area contributed by atoms with E-state index in [-0.39, 0.29) is 5.56 Å². The summed E-state index contributed by atoms with van der Waals surface area (Å²) >= 11 is 0. The zero-order valence-electron chi connectivity index (χ0n) is 9.75. The summed E-state index contributed by atoms with van der Waals surface area (Å²) in [6.45, 7) is 2.21. The number of aromatic carboxylic acids is 1. The molecule has 18 heavy (non-hydrogen) atoms. The van der Waals surface area contributed by atoms with Gasteiger partial charge in [0.1, 0.15) is 11.4 Å². The fourth-order valence-electron chi connectivity index (χ4n) is 1.45. The maximum atomic E-state index is 10.9. The molecule has 0 aliphatic carbocycles. The number of pyridine rings is 1. The number of carboxylic acids is 1. The lowest BCUT2D eigenvalue weighted by Gasteiger charge is -2.06. The highest BCUT2D eigenvalue weighted by Gasteiger charge is 2.10. The van der Waals surface area contributed by atoms with Crippen LogP contribution in [0.4, 0.5) is 5.82 Å². The van der Waals surface area contributed by atoms with Crippen LogP contribution in [-0.2, 0) is 6.42 Å². The molecule has 0 aliphatic rings. The summed E-state index contributed by atoms with van der Waals surface area (Å²) < 4.78 is 4.94. The van der Waals surface area contributed by atoms with E-state index in [4.69, 9.17) is 9.63 Å². The number of nitrogens with zero attached hydrogens (tertiary/aromatic N) is 3. The molecule has 0 spiro atoms. The molecule has 0 atom stereocenters. The van der Waals surface area contributed by atoms with Gasteiger partial charge in [-0.1, -0.05) is 5.16 Å². The van der Waals surface area contributed by atoms with E-state index < -0.39 is 5.97 Å². The van der Waals surface area contributed by atoms with Gasteiger partial charge >= 0.3 is 5.97 Å². The number of hydrogen-bond acceptors (Lipinski definition) is 6. The summed E-state index contributed by atoms with van der Waals surface area (Å²) in [6.07, 6.45) is 2.04. The zero-order valence-corrected chi connectivity index (χ0v) is 9.75. The fraction of sp³-hybridized carbons (Fsp3) is 0.273. The first-order valence-electron chi connectivity index (χ1n) is 5.38. The van der Waals surface area contributed by atoms with E-state index in [1.807, 2.05) is 0 Å². The molecule has 2 heterocycles. The number of aryl methyl sites for hydroxylation is 1. The molecule has 0 saturated heterocycles. The lowest BCUT2D eigenvalue weighted by Crippen LogP contribution is -2.11. The van der Waals surface area contributed by atoms with Crippen molar-refractivity contribution in [3.63, 3.8) is 0 Å². The Labute approximate surface area is 103 Å². The minimum Gasteiger partial charge on any atom is -0.478 e. The average Bonchev–Trinajstić information content (AvgIpc) is 2.75. The molecule has 0 bridgehead atoms. The van der Waals surface area contributed by atoms with Crippen LogP contribution >= 0.6 is 0 Å². The number of carboxylic acid groups (broad SMARTS) is 1. The lowest BCUT2D eigenvalue weighted by atomic mass is 10.2. The first kappa shape index (κ1) is 12.0. The molecule has 0 radical (unpaired) electrons. The highest BCUT2D eigenvalue weighted by Crippen LogP contribution is 2.11. The van der Waals surface area contributed by atoms with Gasteiger partial charge < -0.3 is 14.9 Å². The Morgan fingerprint density at radius 3 is 3.06 bits per heavy atom. The van der Waals surface area contributed by atoms with Crippen molar-refractivity contribution in [1.29, 1.82) is 0 Å². The van der Waals surface area contributed by atoms with Crippen molar-refractivity contribution in [1.82, 2.24) is 15.1 Å². The summed E-state index contributed by atoms with van der Waals surface area (Å²) in [5.74, 6) is 0.405. The molecule has 0 unspecified atom stereocenters. The summed E-state index contributed by atoms with van der Waals surface area (Å²) in [5.41, 5.74) is 0.138. The van der Waals surface area contributed by atoms with Crippen LogP contribution in [0.5, 0.6) is 0 Å². The maximum absolute atomic E-state index is 10.9. The van der Waals surface area contributed by atoms with Crippen molar-refractivity contribution in [2.45, 2.75) is 13.3 Å². The Morgan fingerprint density at radius 1 is 1.56 bits per heavy atom. The third kappa shape index (κ3) is 2.82. The first-order valence-corrected chi connectivity index (χ1v) is 5.38. The predicted molar refractivity (Wildman–Crippen MR) is 62.4 cm³/mol. The highest BCUT2D eigenvalue weighted by molar-refractivity contribution is 5.92. The summed E-state index contributed by atoms with van der Waals surface area (Å²) in [4.78, 5) is 19.0. The minimum absolute atomic E-state index is 0.138. The summed E-state index contributed by atoms with van der Waals surface area (Å²) in [7, 11) is 0. The van der Waals surface area contributed by atoms with Crippen molar-refractivity contribution < 1.29 is 14.4 Å². The smallest absolute Gasteiger partial charge is 0.339 e. The molecule has 0 amide bonds. The molecule has 94 valence electrons. The number of hydrogen-bond donors (Lipinski definition) is 2. The standard InChI is InChI=1S/C11H12N4O3/c1-7-14-9(18-15-7)4-6-13-10-8(11(16)17)3-2-5-12-10/h2-3,5H,4,6H2,1H3,(H,12,13)(H,16,17). The Morgan fingerprint density at radius 2 is 2.39 bits per heavy atom. The third-order valence-corrected chi connectivity index (χ3v) is 2.24. The van der Waals surface area contributed by atoms with Crippen LogP contribution in [0.25, 0.3) is 0 Å². The van der Waals surface area contributed by atoms with E-state index in [1.54, 1.807) is 13.0 Å². The van der Waals surface area contributed by atoms with Crippen molar-refractivity contribution in [3.05, 3.63) is 35.6 Å². The molecular formula is C11H12N4O3. The predicted octanol–water partition coefficient (Wildman–Crippen LogP) is 1.13. The normalized spacial score (nSPS) is 10.3. The van der Waals surface area contributed by atoms with Gasteiger partial charge in [-0.3, -0.25) is 0 Å². The van der Waals surface area contributed by atoms with Crippen LogP contribution in [-0.4, -0.2) is 32.7 Å². The third-order valence-electron chi connectivity index (χ3n) is 2.24. The van der Waals surface area contributed by atoms with Crippen LogP contribution in [0.2, 0.25) is 0 Å². The average molecular weight is 248 g/mol. The molecule has 0 aromatic carbocycles. The van der Waals surface area contributed by atoms with Crippen molar-refractivity contribution in [3.8, 4) is 0 Å². The number of carbonyl (C=O) groups is 1. The van der Waals surface area contributed by atoms with E-state index in [2.05, 4.69) is 20.4 Å². The SMILES string of the molecule is Cc1noc(CCNc2ncccc2C(=O)O)n1. The van der Waals surface area contributed by atoms with Gasteiger partial charge in [0.25, 0.3) is 0 Å². The molecule has 7 heteroatoms. The Bertz CT molecular complexity index is 553. The molecule has 2 rings (SSSR count). The van der Waals surface area contributed by atoms with E-state index in [9.17, 15) is 4.79 Å². The number of rotatable bonds is 5. The van der Waals surface area contributed by atoms with E-state index in [1.165, 1.54) is 12.3 Å². The topological polar surface area (TPSA) is 101 Å².